The lowest BCUT2D eigenvalue weighted by Gasteiger charge is -2.11. The monoisotopic (exact) mass is 469 g/mol. The van der Waals surface area contributed by atoms with Crippen molar-refractivity contribution in [1.82, 2.24) is 0 Å². The van der Waals surface area contributed by atoms with E-state index >= 15 is 0 Å². The summed E-state index contributed by atoms with van der Waals surface area (Å²) in [5.41, 5.74) is 4.36. The Morgan fingerprint density at radius 1 is 1.03 bits per heavy atom. The van der Waals surface area contributed by atoms with Crippen LogP contribution in [0.2, 0.25) is 0 Å². The molecule has 0 unspecified atom stereocenters. The van der Waals surface area contributed by atoms with E-state index in [-0.39, 0.29) is 10.6 Å². The zero-order chi connectivity index (χ0) is 24.0. The molecule has 0 aliphatic heterocycles. The van der Waals surface area contributed by atoms with Crippen LogP contribution < -0.4 is 19.8 Å². The van der Waals surface area contributed by atoms with Crippen LogP contribution >= 0.6 is 0 Å². The second-order valence-electron chi connectivity index (χ2n) is 7.13. The number of nitrogens with one attached hydrogen (secondary N) is 2. The molecular weight excluding hydrogens is 446 g/mol. The number of nitrogens with zero attached hydrogens (tertiary/aromatic N) is 3. The van der Waals surface area contributed by atoms with Gasteiger partial charge in [0.2, 0.25) is 0 Å². The van der Waals surface area contributed by atoms with E-state index < -0.39 is 20.6 Å². The Kier molecular flexibility index (Phi) is 7.13. The number of hydrogen-bond donors (Lipinski definition) is 2. The van der Waals surface area contributed by atoms with Gasteiger partial charge in [0.25, 0.3) is 15.7 Å². The minimum absolute atomic E-state index is 0.0598. The van der Waals surface area contributed by atoms with Crippen LogP contribution in [0.1, 0.15) is 5.56 Å². The third kappa shape index (κ3) is 5.98. The number of hydrogen-bond acceptors (Lipinski definition) is 8. The van der Waals surface area contributed by atoms with Crippen LogP contribution in [0.25, 0.3) is 0 Å². The molecule has 33 heavy (non-hydrogen) atoms. The fraction of sp³-hybridized carbons (Fsp3) is 0.136. The molecule has 0 heterocycles. The molecule has 0 aromatic heterocycles. The number of hydrazone groups is 1. The molecule has 3 aromatic rings. The van der Waals surface area contributed by atoms with E-state index in [1.54, 1.807) is 12.1 Å². The lowest BCUT2D eigenvalue weighted by Crippen LogP contribution is -2.13. The predicted octanol–water partition coefficient (Wildman–Crippen LogP) is 3.92. The summed E-state index contributed by atoms with van der Waals surface area (Å²) >= 11 is 0. The maximum Gasteiger partial charge on any atom is 0.295 e. The second kappa shape index (κ2) is 10.0. The molecule has 2 N–H and O–H groups in total. The first-order chi connectivity index (χ1) is 15.7. The highest BCUT2D eigenvalue weighted by molar-refractivity contribution is 7.92. The molecule has 0 bridgehead atoms. The van der Waals surface area contributed by atoms with Crippen molar-refractivity contribution in [3.63, 3.8) is 0 Å². The van der Waals surface area contributed by atoms with Gasteiger partial charge in [0.15, 0.2) is 0 Å². The summed E-state index contributed by atoms with van der Waals surface area (Å²) in [6.07, 6.45) is 1.51. The van der Waals surface area contributed by atoms with Gasteiger partial charge in [-0.25, -0.2) is 8.42 Å². The summed E-state index contributed by atoms with van der Waals surface area (Å²) in [6, 6.07) is 17.3. The van der Waals surface area contributed by atoms with Crippen LogP contribution in [-0.4, -0.2) is 40.8 Å². The molecule has 0 amide bonds. The zero-order valence-electron chi connectivity index (χ0n) is 18.2. The third-order valence-electron chi connectivity index (χ3n) is 4.63. The van der Waals surface area contributed by atoms with Crippen LogP contribution in [0.15, 0.2) is 76.7 Å². The van der Waals surface area contributed by atoms with Crippen molar-refractivity contribution in [3.8, 4) is 5.75 Å². The summed E-state index contributed by atoms with van der Waals surface area (Å²) in [7, 11) is 1.31. The summed E-state index contributed by atoms with van der Waals surface area (Å²) in [5.74, 6) is 0.568. The number of sulfonamides is 1. The fourth-order valence-corrected chi connectivity index (χ4v) is 3.91. The van der Waals surface area contributed by atoms with Gasteiger partial charge in [-0.05, 0) is 54.1 Å². The van der Waals surface area contributed by atoms with Crippen LogP contribution in [0.5, 0.6) is 5.75 Å². The quantitative estimate of drug-likeness (QED) is 0.276. The van der Waals surface area contributed by atoms with Crippen molar-refractivity contribution in [2.45, 2.75) is 4.90 Å². The number of nitro groups is 1. The van der Waals surface area contributed by atoms with Gasteiger partial charge in [-0.2, -0.15) is 5.10 Å². The van der Waals surface area contributed by atoms with Crippen molar-refractivity contribution >= 4 is 39.0 Å². The van der Waals surface area contributed by atoms with E-state index in [0.717, 1.165) is 17.3 Å². The Labute approximate surface area is 191 Å². The second-order valence-corrected chi connectivity index (χ2v) is 8.81. The van der Waals surface area contributed by atoms with Gasteiger partial charge in [-0.3, -0.25) is 20.3 Å². The van der Waals surface area contributed by atoms with Crippen LogP contribution in [0, 0.1) is 10.1 Å². The minimum Gasteiger partial charge on any atom is -0.497 e. The number of benzene rings is 3. The standard InChI is InChI=1S/C22H23N5O5S/c1-26(2)18-8-4-16(5-9-18)15-23-24-21-13-12-20(14-22(21)27(28)29)33(30,31)25-17-6-10-19(32-3)11-7-17/h4-15,24-25H,1-3H3. The molecule has 0 atom stereocenters. The summed E-state index contributed by atoms with van der Waals surface area (Å²) < 4.78 is 32.8. The Hall–Kier alpha value is -4.12. The van der Waals surface area contributed by atoms with Crippen LogP contribution in [0.3, 0.4) is 0 Å². The Bertz CT molecular complexity index is 1260. The van der Waals surface area contributed by atoms with Crippen molar-refractivity contribution < 1.29 is 18.1 Å². The first-order valence-corrected chi connectivity index (χ1v) is 11.2. The van der Waals surface area contributed by atoms with Gasteiger partial charge in [-0.15, -0.1) is 0 Å². The molecule has 3 aromatic carbocycles. The lowest BCUT2D eigenvalue weighted by molar-refractivity contribution is -0.384. The molecule has 0 saturated carbocycles. The Balaban J connectivity index is 1.78. The molecule has 11 heteroatoms. The van der Waals surface area contributed by atoms with Gasteiger partial charge in [0.05, 0.1) is 23.1 Å². The molecule has 0 spiro atoms. The largest absolute Gasteiger partial charge is 0.497 e. The van der Waals surface area contributed by atoms with Crippen molar-refractivity contribution in [3.05, 3.63) is 82.4 Å². The van der Waals surface area contributed by atoms with Gasteiger partial charge in [0.1, 0.15) is 11.4 Å². The van der Waals surface area contributed by atoms with E-state index in [4.69, 9.17) is 4.74 Å². The summed E-state index contributed by atoms with van der Waals surface area (Å²) in [4.78, 5) is 12.6. The van der Waals surface area contributed by atoms with Crippen molar-refractivity contribution in [2.24, 2.45) is 5.10 Å². The van der Waals surface area contributed by atoms with E-state index in [1.807, 2.05) is 43.3 Å². The van der Waals surface area contributed by atoms with Gasteiger partial charge in [-0.1, -0.05) is 12.1 Å². The Morgan fingerprint density at radius 3 is 2.27 bits per heavy atom. The topological polar surface area (TPSA) is 126 Å². The molecule has 0 aliphatic rings. The maximum absolute atomic E-state index is 12.7. The highest BCUT2D eigenvalue weighted by Crippen LogP contribution is 2.29. The number of rotatable bonds is 9. The number of anilines is 3. The molecule has 0 fully saturated rings. The third-order valence-corrected chi connectivity index (χ3v) is 6.01. The molecule has 0 radical (unpaired) electrons. The van der Waals surface area contributed by atoms with Crippen molar-refractivity contribution in [2.75, 3.05) is 36.3 Å². The smallest absolute Gasteiger partial charge is 0.295 e. The maximum atomic E-state index is 12.7. The van der Waals surface area contributed by atoms with Crippen LogP contribution in [0.4, 0.5) is 22.7 Å². The first-order valence-electron chi connectivity index (χ1n) is 9.71. The van der Waals surface area contributed by atoms with E-state index in [9.17, 15) is 18.5 Å². The van der Waals surface area contributed by atoms with Gasteiger partial charge >= 0.3 is 0 Å². The summed E-state index contributed by atoms with van der Waals surface area (Å²) in [5, 5.41) is 15.6. The van der Waals surface area contributed by atoms with E-state index in [1.165, 1.54) is 37.6 Å². The average molecular weight is 470 g/mol. The SMILES string of the molecule is COc1ccc(NS(=O)(=O)c2ccc(NN=Cc3ccc(N(C)C)cc3)c([N+](=O)[O-])c2)cc1. The van der Waals surface area contributed by atoms with Crippen molar-refractivity contribution in [1.29, 1.82) is 0 Å². The number of ether oxygens (including phenoxy) is 1. The zero-order valence-corrected chi connectivity index (χ0v) is 19.0. The molecule has 3 rings (SSSR count). The molecule has 172 valence electrons. The fourth-order valence-electron chi connectivity index (χ4n) is 2.83. The normalized spacial score (nSPS) is 11.2. The highest BCUT2D eigenvalue weighted by atomic mass is 32.2. The minimum atomic E-state index is -4.05. The number of nitro benzene ring substituents is 1. The molecule has 0 saturated heterocycles. The van der Waals surface area contributed by atoms with Crippen LogP contribution in [-0.2, 0) is 10.0 Å². The summed E-state index contributed by atoms with van der Waals surface area (Å²) in [6.45, 7) is 0. The predicted molar refractivity (Wildman–Crippen MR) is 129 cm³/mol. The van der Waals surface area contributed by atoms with E-state index in [2.05, 4.69) is 15.2 Å². The number of methoxy groups -OCH3 is 1. The molecule has 0 aliphatic carbocycles. The first kappa shape index (κ1) is 23.5. The Morgan fingerprint density at radius 2 is 1.70 bits per heavy atom. The van der Waals surface area contributed by atoms with Gasteiger partial charge in [0, 0.05) is 31.5 Å². The molecule has 10 nitrogen and oxygen atoms in total. The molecular formula is C22H23N5O5S. The van der Waals surface area contributed by atoms with Gasteiger partial charge < -0.3 is 9.64 Å². The average Bonchev–Trinajstić information content (AvgIpc) is 2.79. The highest BCUT2D eigenvalue weighted by Gasteiger charge is 2.21. The van der Waals surface area contributed by atoms with E-state index in [0.29, 0.717) is 11.4 Å². The lowest BCUT2D eigenvalue weighted by atomic mass is 10.2.